The minimum absolute atomic E-state index is 0.103. The molecule has 20 heavy (non-hydrogen) atoms. The van der Waals surface area contributed by atoms with Crippen molar-refractivity contribution in [3.8, 4) is 0 Å². The van der Waals surface area contributed by atoms with Gasteiger partial charge in [-0.2, -0.15) is 0 Å². The lowest BCUT2D eigenvalue weighted by Gasteiger charge is -2.17. The van der Waals surface area contributed by atoms with E-state index < -0.39 is 6.16 Å². The fourth-order valence-corrected chi connectivity index (χ4v) is 3.43. The topological polar surface area (TPSA) is 64.6 Å². The molecular weight excluding hydrogens is 258 g/mol. The van der Waals surface area contributed by atoms with E-state index in [9.17, 15) is 9.59 Å². The Morgan fingerprint density at radius 3 is 2.85 bits per heavy atom. The van der Waals surface area contributed by atoms with Gasteiger partial charge in [0.25, 0.3) is 0 Å². The van der Waals surface area contributed by atoms with Crippen LogP contribution >= 0.6 is 0 Å². The van der Waals surface area contributed by atoms with Gasteiger partial charge in [-0.3, -0.25) is 4.79 Å². The van der Waals surface area contributed by atoms with E-state index in [0.717, 1.165) is 32.1 Å². The normalized spacial score (nSPS) is 34.1. The van der Waals surface area contributed by atoms with Crippen LogP contribution in [0.5, 0.6) is 0 Å². The third kappa shape index (κ3) is 2.97. The highest BCUT2D eigenvalue weighted by Gasteiger charge is 2.39. The van der Waals surface area contributed by atoms with E-state index >= 15 is 0 Å². The maximum absolute atomic E-state index is 12.1. The number of ether oxygens (including phenoxy) is 2. The third-order valence-corrected chi connectivity index (χ3v) is 4.52. The molecule has 110 valence electrons. The zero-order valence-corrected chi connectivity index (χ0v) is 11.5. The van der Waals surface area contributed by atoms with Gasteiger partial charge in [0.1, 0.15) is 12.7 Å². The van der Waals surface area contributed by atoms with Crippen LogP contribution in [0, 0.1) is 17.8 Å². The summed E-state index contributed by atoms with van der Waals surface area (Å²) in [6.45, 7) is 1.07. The van der Waals surface area contributed by atoms with Crippen molar-refractivity contribution in [3.05, 3.63) is 12.2 Å². The van der Waals surface area contributed by atoms with E-state index in [1.54, 1.807) is 0 Å². The Balaban J connectivity index is 1.27. The van der Waals surface area contributed by atoms with Gasteiger partial charge in [-0.15, -0.1) is 0 Å². The number of nitrogens with one attached hydrogen (secondary N) is 1. The predicted octanol–water partition coefficient (Wildman–Crippen LogP) is 2.02. The maximum Gasteiger partial charge on any atom is 0.508 e. The Bertz CT molecular complexity index is 420. The van der Waals surface area contributed by atoms with Crippen molar-refractivity contribution in [2.45, 2.75) is 38.2 Å². The number of cyclic esters (lactones) is 2. The molecule has 2 aliphatic carbocycles. The van der Waals surface area contributed by atoms with E-state index in [0.29, 0.717) is 25.0 Å². The second-order valence-electron chi connectivity index (χ2n) is 5.97. The average Bonchev–Trinajstić information content (AvgIpc) is 3.14. The fraction of sp³-hybridized carbons (Fsp3) is 0.733. The number of hydrogen-bond acceptors (Lipinski definition) is 4. The Kier molecular flexibility index (Phi) is 3.94. The highest BCUT2D eigenvalue weighted by atomic mass is 16.8. The standard InChI is InChI=1S/C15H21NO4/c17-14(13-8-10-4-5-11(13)7-10)16-6-2-1-3-12-9-19-15(18)20-12/h4-5,10-13H,1-3,6-9H2,(H,16,17). The summed E-state index contributed by atoms with van der Waals surface area (Å²) in [6.07, 6.45) is 8.61. The largest absolute Gasteiger partial charge is 0.508 e. The summed E-state index contributed by atoms with van der Waals surface area (Å²) in [6, 6.07) is 0. The number of hydrogen-bond donors (Lipinski definition) is 1. The minimum Gasteiger partial charge on any atom is -0.430 e. The van der Waals surface area contributed by atoms with Crippen molar-refractivity contribution in [1.29, 1.82) is 0 Å². The molecule has 1 heterocycles. The van der Waals surface area contributed by atoms with E-state index in [-0.39, 0.29) is 17.9 Å². The van der Waals surface area contributed by atoms with Crippen LogP contribution in [0.15, 0.2) is 12.2 Å². The first kappa shape index (κ1) is 13.5. The zero-order chi connectivity index (χ0) is 13.9. The van der Waals surface area contributed by atoms with Gasteiger partial charge in [-0.25, -0.2) is 4.79 Å². The summed E-state index contributed by atoms with van der Waals surface area (Å²) in [5, 5.41) is 3.03. The van der Waals surface area contributed by atoms with Crippen LogP contribution in [0.25, 0.3) is 0 Å². The van der Waals surface area contributed by atoms with E-state index in [2.05, 4.69) is 17.5 Å². The highest BCUT2D eigenvalue weighted by Crippen LogP contribution is 2.43. The third-order valence-electron chi connectivity index (χ3n) is 4.52. The second-order valence-corrected chi connectivity index (χ2v) is 5.97. The fourth-order valence-electron chi connectivity index (χ4n) is 3.43. The molecule has 3 aliphatic rings. The monoisotopic (exact) mass is 279 g/mol. The van der Waals surface area contributed by atoms with Crippen molar-refractivity contribution in [3.63, 3.8) is 0 Å². The molecule has 1 aliphatic heterocycles. The Hall–Kier alpha value is -1.52. The molecule has 1 saturated heterocycles. The van der Waals surface area contributed by atoms with Crippen molar-refractivity contribution >= 4 is 12.1 Å². The van der Waals surface area contributed by atoms with Gasteiger partial charge in [-0.1, -0.05) is 12.2 Å². The van der Waals surface area contributed by atoms with Crippen molar-refractivity contribution in [2.75, 3.05) is 13.2 Å². The molecule has 1 saturated carbocycles. The van der Waals surface area contributed by atoms with Gasteiger partial charge in [0, 0.05) is 12.5 Å². The summed E-state index contributed by atoms with van der Waals surface area (Å²) in [5.41, 5.74) is 0. The van der Waals surface area contributed by atoms with Gasteiger partial charge in [0.05, 0.1) is 0 Å². The molecule has 4 unspecified atom stereocenters. The number of carbonyl (C=O) groups is 2. The van der Waals surface area contributed by atoms with Gasteiger partial charge in [0.2, 0.25) is 5.91 Å². The van der Waals surface area contributed by atoms with Crippen LogP contribution in [0.3, 0.4) is 0 Å². The number of amides is 1. The Morgan fingerprint density at radius 2 is 2.20 bits per heavy atom. The molecule has 0 aromatic heterocycles. The van der Waals surface area contributed by atoms with Crippen LogP contribution in [0.4, 0.5) is 4.79 Å². The molecule has 5 heteroatoms. The number of rotatable bonds is 6. The van der Waals surface area contributed by atoms with Crippen molar-refractivity contribution in [2.24, 2.45) is 17.8 Å². The van der Waals surface area contributed by atoms with Crippen molar-refractivity contribution in [1.82, 2.24) is 5.32 Å². The first-order valence-electron chi connectivity index (χ1n) is 7.52. The molecule has 3 rings (SSSR count). The van der Waals surface area contributed by atoms with Crippen LogP contribution < -0.4 is 5.32 Å². The van der Waals surface area contributed by atoms with Crippen LogP contribution in [-0.2, 0) is 14.3 Å². The lowest BCUT2D eigenvalue weighted by atomic mass is 9.93. The summed E-state index contributed by atoms with van der Waals surface area (Å²) in [4.78, 5) is 22.8. The second kappa shape index (κ2) is 5.85. The summed E-state index contributed by atoms with van der Waals surface area (Å²) in [7, 11) is 0. The molecule has 5 nitrogen and oxygen atoms in total. The molecule has 2 bridgehead atoms. The predicted molar refractivity (Wildman–Crippen MR) is 71.9 cm³/mol. The first-order chi connectivity index (χ1) is 9.72. The van der Waals surface area contributed by atoms with Crippen LogP contribution in [-0.4, -0.2) is 31.3 Å². The average molecular weight is 279 g/mol. The summed E-state index contributed by atoms with van der Waals surface area (Å²) >= 11 is 0. The maximum atomic E-state index is 12.1. The van der Waals surface area contributed by atoms with Crippen LogP contribution in [0.1, 0.15) is 32.1 Å². The smallest absolute Gasteiger partial charge is 0.430 e. The lowest BCUT2D eigenvalue weighted by molar-refractivity contribution is -0.125. The molecule has 2 fully saturated rings. The number of unbranched alkanes of at least 4 members (excludes halogenated alkanes) is 1. The highest BCUT2D eigenvalue weighted by molar-refractivity contribution is 5.79. The number of allylic oxidation sites excluding steroid dienone is 2. The molecule has 0 radical (unpaired) electrons. The summed E-state index contributed by atoms with van der Waals surface area (Å²) in [5.74, 6) is 1.49. The SMILES string of the molecule is O=C1OCC(CCCCNC(=O)C2CC3C=CC2C3)O1. The van der Waals surface area contributed by atoms with E-state index in [4.69, 9.17) is 9.47 Å². The molecule has 1 amide bonds. The lowest BCUT2D eigenvalue weighted by Crippen LogP contribution is -2.33. The minimum atomic E-state index is -0.562. The Morgan fingerprint density at radius 1 is 1.30 bits per heavy atom. The van der Waals surface area contributed by atoms with Crippen LogP contribution in [0.2, 0.25) is 0 Å². The van der Waals surface area contributed by atoms with Crippen molar-refractivity contribution < 1.29 is 19.1 Å². The van der Waals surface area contributed by atoms with Gasteiger partial charge in [0.15, 0.2) is 0 Å². The van der Waals surface area contributed by atoms with E-state index in [1.807, 2.05) is 0 Å². The summed E-state index contributed by atoms with van der Waals surface area (Å²) < 4.78 is 9.67. The van der Waals surface area contributed by atoms with Gasteiger partial charge >= 0.3 is 6.16 Å². The van der Waals surface area contributed by atoms with Gasteiger partial charge < -0.3 is 14.8 Å². The molecule has 0 aromatic rings. The molecule has 0 spiro atoms. The number of fused-ring (bicyclic) bond motifs is 2. The molecular formula is C15H21NO4. The molecule has 4 atom stereocenters. The van der Waals surface area contributed by atoms with E-state index in [1.165, 1.54) is 0 Å². The number of carbonyl (C=O) groups excluding carboxylic acids is 2. The van der Waals surface area contributed by atoms with Gasteiger partial charge in [-0.05, 0) is 43.9 Å². The molecule has 1 N–H and O–H groups in total. The zero-order valence-electron chi connectivity index (χ0n) is 11.5. The Labute approximate surface area is 118 Å². The first-order valence-corrected chi connectivity index (χ1v) is 7.52. The molecule has 0 aromatic carbocycles. The quantitative estimate of drug-likeness (QED) is 0.459.